The zero-order valence-corrected chi connectivity index (χ0v) is 16.4. The van der Waals surface area contributed by atoms with Crippen molar-refractivity contribution in [3.63, 3.8) is 0 Å². The van der Waals surface area contributed by atoms with Crippen molar-refractivity contribution in [1.29, 1.82) is 0 Å². The summed E-state index contributed by atoms with van der Waals surface area (Å²) in [5.41, 5.74) is 0. The highest BCUT2D eigenvalue weighted by Crippen LogP contribution is 2.23. The quantitative estimate of drug-likeness (QED) is 0.564. The highest BCUT2D eigenvalue weighted by atomic mass is 32.2. The predicted molar refractivity (Wildman–Crippen MR) is 101 cm³/mol. The lowest BCUT2D eigenvalue weighted by atomic mass is 10.3. The van der Waals surface area contributed by atoms with Crippen molar-refractivity contribution >= 4 is 38.7 Å². The number of sulfonamides is 1. The second-order valence-electron chi connectivity index (χ2n) is 5.19. The van der Waals surface area contributed by atoms with Gasteiger partial charge in [-0.3, -0.25) is 4.99 Å². The molecule has 132 valence electrons. The van der Waals surface area contributed by atoms with Gasteiger partial charge in [-0.15, -0.1) is 22.7 Å². The van der Waals surface area contributed by atoms with Gasteiger partial charge in [-0.1, -0.05) is 6.07 Å². The molecule has 0 amide bonds. The van der Waals surface area contributed by atoms with Gasteiger partial charge in [0.05, 0.1) is 6.54 Å². The average Bonchev–Trinajstić information content (AvgIpc) is 3.22. The van der Waals surface area contributed by atoms with Crippen LogP contribution < -0.4 is 10.6 Å². The summed E-state index contributed by atoms with van der Waals surface area (Å²) in [6.07, 6.45) is 0.947. The van der Waals surface area contributed by atoms with Gasteiger partial charge in [-0.2, -0.15) is 0 Å². The molecule has 6 nitrogen and oxygen atoms in total. The second-order valence-corrected chi connectivity index (χ2v) is 9.77. The van der Waals surface area contributed by atoms with Crippen LogP contribution in [0.15, 0.2) is 38.8 Å². The third-order valence-corrected chi connectivity index (χ3v) is 7.57. The summed E-state index contributed by atoms with van der Waals surface area (Å²) < 4.78 is 25.7. The smallest absolute Gasteiger partial charge is 0.252 e. The van der Waals surface area contributed by atoms with Crippen LogP contribution in [0.2, 0.25) is 0 Å². The van der Waals surface area contributed by atoms with Crippen LogP contribution in [0, 0.1) is 0 Å². The fraction of sp³-hybridized carbons (Fsp3) is 0.400. The number of guanidine groups is 1. The van der Waals surface area contributed by atoms with Crippen LogP contribution in [0.1, 0.15) is 9.75 Å². The van der Waals surface area contributed by atoms with Gasteiger partial charge in [-0.25, -0.2) is 12.7 Å². The lowest BCUT2D eigenvalue weighted by Crippen LogP contribution is -2.37. The summed E-state index contributed by atoms with van der Waals surface area (Å²) in [5.74, 6) is 0.706. The molecule has 2 rings (SSSR count). The van der Waals surface area contributed by atoms with E-state index in [9.17, 15) is 8.42 Å². The molecule has 0 radical (unpaired) electrons. The molecule has 0 aliphatic carbocycles. The Morgan fingerprint density at radius 1 is 1.21 bits per heavy atom. The van der Waals surface area contributed by atoms with E-state index >= 15 is 0 Å². The number of rotatable bonds is 7. The van der Waals surface area contributed by atoms with Crippen LogP contribution in [0.5, 0.6) is 0 Å². The molecule has 9 heteroatoms. The summed E-state index contributed by atoms with van der Waals surface area (Å²) >= 11 is 3.01. The molecular weight excluding hydrogens is 364 g/mol. The molecule has 2 aromatic heterocycles. The first-order valence-electron chi connectivity index (χ1n) is 7.41. The highest BCUT2D eigenvalue weighted by Gasteiger charge is 2.19. The first-order valence-corrected chi connectivity index (χ1v) is 10.5. The van der Waals surface area contributed by atoms with E-state index in [-0.39, 0.29) is 0 Å². The molecule has 2 N–H and O–H groups in total. The number of thiophene rings is 2. The monoisotopic (exact) mass is 386 g/mol. The third kappa shape index (κ3) is 5.04. The van der Waals surface area contributed by atoms with Crippen LogP contribution in [0.3, 0.4) is 0 Å². The molecule has 0 aromatic carbocycles. The Morgan fingerprint density at radius 3 is 2.62 bits per heavy atom. The fourth-order valence-electron chi connectivity index (χ4n) is 1.92. The second kappa shape index (κ2) is 8.61. The van der Waals surface area contributed by atoms with Crippen molar-refractivity contribution in [2.45, 2.75) is 17.2 Å². The Balaban J connectivity index is 1.84. The summed E-state index contributed by atoms with van der Waals surface area (Å²) in [6, 6.07) is 7.63. The van der Waals surface area contributed by atoms with Crippen molar-refractivity contribution in [3.8, 4) is 0 Å². The van der Waals surface area contributed by atoms with E-state index in [1.165, 1.54) is 34.6 Å². The summed E-state index contributed by atoms with van der Waals surface area (Å²) in [5, 5.41) is 8.53. The van der Waals surface area contributed by atoms with Gasteiger partial charge in [0.2, 0.25) is 0 Å². The lowest BCUT2D eigenvalue weighted by molar-refractivity contribution is 0.523. The number of hydrogen-bond acceptors (Lipinski definition) is 5. The van der Waals surface area contributed by atoms with E-state index in [2.05, 4.69) is 27.1 Å². The predicted octanol–water partition coefficient (Wildman–Crippen LogP) is 1.97. The average molecular weight is 387 g/mol. The summed E-state index contributed by atoms with van der Waals surface area (Å²) in [6.45, 7) is 1.33. The van der Waals surface area contributed by atoms with E-state index in [0.29, 0.717) is 16.7 Å². The van der Waals surface area contributed by atoms with E-state index in [0.717, 1.165) is 17.8 Å². The Morgan fingerprint density at radius 2 is 2.00 bits per heavy atom. The molecule has 0 unspecified atom stereocenters. The van der Waals surface area contributed by atoms with Gasteiger partial charge in [-0.05, 0) is 30.0 Å². The van der Waals surface area contributed by atoms with Gasteiger partial charge in [0, 0.05) is 37.4 Å². The van der Waals surface area contributed by atoms with Gasteiger partial charge < -0.3 is 10.6 Å². The van der Waals surface area contributed by atoms with Crippen molar-refractivity contribution in [2.24, 2.45) is 4.99 Å². The topological polar surface area (TPSA) is 73.8 Å². The molecule has 2 aromatic rings. The zero-order valence-electron chi connectivity index (χ0n) is 13.9. The van der Waals surface area contributed by atoms with Gasteiger partial charge >= 0.3 is 0 Å². The standard InChI is InChI=1S/C15H22N4O2S3/c1-16-15(17-9-8-12-5-4-10-22-12)18-11-13-6-7-14(23-13)24(20,21)19(2)3/h4-7,10H,8-9,11H2,1-3H3,(H2,16,17,18). The van der Waals surface area contributed by atoms with Crippen molar-refractivity contribution < 1.29 is 8.42 Å². The van der Waals surface area contributed by atoms with Crippen molar-refractivity contribution in [1.82, 2.24) is 14.9 Å². The largest absolute Gasteiger partial charge is 0.356 e. The molecular formula is C15H22N4O2S3. The van der Waals surface area contributed by atoms with Crippen LogP contribution in [0.4, 0.5) is 0 Å². The normalized spacial score (nSPS) is 12.6. The minimum Gasteiger partial charge on any atom is -0.356 e. The summed E-state index contributed by atoms with van der Waals surface area (Å²) in [4.78, 5) is 6.45. The van der Waals surface area contributed by atoms with E-state index < -0.39 is 10.0 Å². The lowest BCUT2D eigenvalue weighted by Gasteiger charge is -2.11. The van der Waals surface area contributed by atoms with Crippen molar-refractivity contribution in [3.05, 3.63) is 39.4 Å². The molecule has 0 saturated carbocycles. The fourth-order valence-corrected chi connectivity index (χ4v) is 5.10. The minimum atomic E-state index is -3.36. The van der Waals surface area contributed by atoms with E-state index in [1.54, 1.807) is 24.5 Å². The molecule has 0 spiro atoms. The Labute approximate surface area is 151 Å². The van der Waals surface area contributed by atoms with Crippen LogP contribution >= 0.6 is 22.7 Å². The van der Waals surface area contributed by atoms with E-state index in [1.807, 2.05) is 12.1 Å². The maximum absolute atomic E-state index is 12.1. The van der Waals surface area contributed by atoms with Gasteiger partial charge in [0.1, 0.15) is 4.21 Å². The number of aliphatic imine (C=N–C) groups is 1. The minimum absolute atomic E-state index is 0.352. The van der Waals surface area contributed by atoms with Crippen LogP contribution in [0.25, 0.3) is 0 Å². The molecule has 0 atom stereocenters. The van der Waals surface area contributed by atoms with Crippen LogP contribution in [-0.4, -0.2) is 46.4 Å². The molecule has 24 heavy (non-hydrogen) atoms. The zero-order chi connectivity index (χ0) is 17.6. The van der Waals surface area contributed by atoms with E-state index in [4.69, 9.17) is 0 Å². The number of nitrogens with one attached hydrogen (secondary N) is 2. The molecule has 0 aliphatic rings. The first-order chi connectivity index (χ1) is 11.4. The van der Waals surface area contributed by atoms with Gasteiger partial charge in [0.15, 0.2) is 5.96 Å². The van der Waals surface area contributed by atoms with Crippen molar-refractivity contribution in [2.75, 3.05) is 27.7 Å². The SMILES string of the molecule is CN=C(NCCc1cccs1)NCc1ccc(S(=O)(=O)N(C)C)s1. The Hall–Kier alpha value is -1.42. The van der Waals surface area contributed by atoms with Gasteiger partial charge in [0.25, 0.3) is 10.0 Å². The summed E-state index contributed by atoms with van der Waals surface area (Å²) in [7, 11) is 1.43. The maximum Gasteiger partial charge on any atom is 0.252 e. The molecule has 0 bridgehead atoms. The molecule has 0 fully saturated rings. The molecule has 0 aliphatic heterocycles. The van der Waals surface area contributed by atoms with Crippen LogP contribution in [-0.2, 0) is 23.0 Å². The number of nitrogens with zero attached hydrogens (tertiary/aromatic N) is 2. The third-order valence-electron chi connectivity index (χ3n) is 3.27. The molecule has 0 saturated heterocycles. The first kappa shape index (κ1) is 18.9. The number of hydrogen-bond donors (Lipinski definition) is 2. The Bertz CT molecular complexity index is 765. The molecule has 2 heterocycles. The maximum atomic E-state index is 12.1. The Kier molecular flexibility index (Phi) is 6.79. The highest BCUT2D eigenvalue weighted by molar-refractivity contribution is 7.91.